The summed E-state index contributed by atoms with van der Waals surface area (Å²) in [6.45, 7) is 1.60. The fourth-order valence-corrected chi connectivity index (χ4v) is 1.85. The van der Waals surface area contributed by atoms with Crippen LogP contribution in [0.2, 0.25) is 5.15 Å². The molecule has 0 spiro atoms. The van der Waals surface area contributed by atoms with E-state index in [1.807, 2.05) is 0 Å². The molecular weight excluding hydrogens is 307 g/mol. The lowest BCUT2D eigenvalue weighted by Gasteiger charge is -2.11. The number of nitrogens with one attached hydrogen (secondary N) is 1. The molecule has 0 radical (unpaired) electrons. The maximum absolute atomic E-state index is 12.5. The molecule has 0 aliphatic heterocycles. The summed E-state index contributed by atoms with van der Waals surface area (Å²) in [4.78, 5) is 7.16. The molecule has 2 rings (SSSR count). The normalized spacial score (nSPS) is 13.0. The van der Waals surface area contributed by atoms with Crippen molar-refractivity contribution in [2.24, 2.45) is 0 Å². The van der Waals surface area contributed by atoms with Crippen LogP contribution in [0.1, 0.15) is 24.2 Å². The highest BCUT2D eigenvalue weighted by Crippen LogP contribution is 2.33. The average Bonchev–Trinajstić information content (AvgIpc) is 2.37. The second-order valence-electron chi connectivity index (χ2n) is 4.32. The van der Waals surface area contributed by atoms with Crippen molar-refractivity contribution in [3.63, 3.8) is 0 Å². The van der Waals surface area contributed by atoms with E-state index in [0.29, 0.717) is 17.4 Å². The fourth-order valence-electron chi connectivity index (χ4n) is 1.62. The van der Waals surface area contributed by atoms with Crippen LogP contribution < -0.4 is 5.32 Å². The van der Waals surface area contributed by atoms with Crippen LogP contribution in [-0.4, -0.2) is 15.1 Å². The predicted octanol–water partition coefficient (Wildman–Crippen LogP) is 3.95. The smallest absolute Gasteiger partial charge is 0.389 e. The predicted molar refractivity (Wildman–Crippen MR) is 72.4 cm³/mol. The summed E-state index contributed by atoms with van der Waals surface area (Å²) >= 11 is 5.51. The highest BCUT2D eigenvalue weighted by Gasteiger charge is 2.34. The van der Waals surface area contributed by atoms with Gasteiger partial charge in [-0.25, -0.2) is 9.97 Å². The number of aliphatic hydroxyl groups excluding tert-OH is 1. The Morgan fingerprint density at radius 2 is 2.05 bits per heavy atom. The third kappa shape index (κ3) is 3.83. The molecule has 0 aliphatic carbocycles. The lowest BCUT2D eigenvalue weighted by Crippen LogP contribution is -2.09. The lowest BCUT2D eigenvalue weighted by atomic mass is 10.1. The molecule has 112 valence electrons. The average molecular weight is 318 g/mol. The van der Waals surface area contributed by atoms with Gasteiger partial charge in [-0.15, -0.1) is 0 Å². The van der Waals surface area contributed by atoms with Gasteiger partial charge in [0, 0.05) is 11.9 Å². The highest BCUT2D eigenvalue weighted by molar-refractivity contribution is 6.30. The summed E-state index contributed by atoms with van der Waals surface area (Å²) in [6.07, 6.45) is -4.64. The van der Waals surface area contributed by atoms with Gasteiger partial charge in [-0.3, -0.25) is 0 Å². The van der Waals surface area contributed by atoms with E-state index in [-0.39, 0.29) is 5.95 Å². The van der Waals surface area contributed by atoms with Crippen molar-refractivity contribution in [1.29, 1.82) is 0 Å². The number of aromatic nitrogens is 2. The molecule has 8 heteroatoms. The van der Waals surface area contributed by atoms with Crippen LogP contribution >= 0.6 is 11.6 Å². The monoisotopic (exact) mass is 317 g/mol. The van der Waals surface area contributed by atoms with Gasteiger partial charge in [0.25, 0.3) is 0 Å². The van der Waals surface area contributed by atoms with Gasteiger partial charge in [0.15, 0.2) is 0 Å². The van der Waals surface area contributed by atoms with Crippen molar-refractivity contribution in [3.05, 3.63) is 46.7 Å². The molecule has 1 aromatic heterocycles. The summed E-state index contributed by atoms with van der Waals surface area (Å²) in [5, 5.41) is 11.5. The third-order valence-electron chi connectivity index (χ3n) is 2.67. The van der Waals surface area contributed by atoms with E-state index >= 15 is 0 Å². The Morgan fingerprint density at radius 3 is 2.62 bits per heavy atom. The molecule has 2 aromatic rings. The second-order valence-corrected chi connectivity index (χ2v) is 4.68. The molecule has 0 amide bonds. The molecule has 1 atom stereocenters. The zero-order chi connectivity index (χ0) is 15.6. The van der Waals surface area contributed by atoms with Crippen LogP contribution in [0.15, 0.2) is 30.5 Å². The van der Waals surface area contributed by atoms with Crippen molar-refractivity contribution in [3.8, 4) is 0 Å². The maximum Gasteiger partial charge on any atom is 0.420 e. The Kier molecular flexibility index (Phi) is 4.34. The number of hydrogen-bond acceptors (Lipinski definition) is 4. The van der Waals surface area contributed by atoms with Gasteiger partial charge in [-0.05, 0) is 24.6 Å². The van der Waals surface area contributed by atoms with Crippen LogP contribution in [0.5, 0.6) is 0 Å². The zero-order valence-electron chi connectivity index (χ0n) is 10.8. The van der Waals surface area contributed by atoms with E-state index in [4.69, 9.17) is 11.6 Å². The van der Waals surface area contributed by atoms with Crippen molar-refractivity contribution in [2.75, 3.05) is 5.32 Å². The minimum atomic E-state index is -4.60. The van der Waals surface area contributed by atoms with Crippen LogP contribution in [0.25, 0.3) is 0 Å². The topological polar surface area (TPSA) is 58.0 Å². The van der Waals surface area contributed by atoms with Crippen molar-refractivity contribution in [1.82, 2.24) is 9.97 Å². The fraction of sp³-hybridized carbons (Fsp3) is 0.231. The first-order valence-electron chi connectivity index (χ1n) is 5.92. The Morgan fingerprint density at radius 1 is 1.33 bits per heavy atom. The van der Waals surface area contributed by atoms with Gasteiger partial charge in [0.05, 0.1) is 6.10 Å². The Balaban J connectivity index is 2.25. The first-order valence-corrected chi connectivity index (χ1v) is 6.30. The summed E-state index contributed by atoms with van der Waals surface area (Å²) < 4.78 is 37.6. The van der Waals surface area contributed by atoms with Crippen LogP contribution in [0.3, 0.4) is 0 Å². The SMILES string of the molecule is CC(O)c1cccc(Nc2ncc(C(F)(F)F)c(Cl)n2)c1. The van der Waals surface area contributed by atoms with E-state index < -0.39 is 23.0 Å². The Bertz CT molecular complexity index is 647. The minimum absolute atomic E-state index is 0.0595. The largest absolute Gasteiger partial charge is 0.420 e. The Hall–Kier alpha value is -1.86. The molecule has 0 saturated carbocycles. The highest BCUT2D eigenvalue weighted by atomic mass is 35.5. The minimum Gasteiger partial charge on any atom is -0.389 e. The van der Waals surface area contributed by atoms with Gasteiger partial charge in [-0.1, -0.05) is 23.7 Å². The molecule has 0 saturated heterocycles. The molecule has 0 fully saturated rings. The summed E-state index contributed by atoms with van der Waals surface area (Å²) in [7, 11) is 0. The molecular formula is C13H11ClF3N3O. The number of benzene rings is 1. The van der Waals surface area contributed by atoms with E-state index in [0.717, 1.165) is 0 Å². The summed E-state index contributed by atoms with van der Waals surface area (Å²) in [5.74, 6) is -0.0595. The molecule has 1 heterocycles. The molecule has 0 aliphatic rings. The molecule has 21 heavy (non-hydrogen) atoms. The number of alkyl halides is 3. The standard InChI is InChI=1S/C13H11ClF3N3O/c1-7(21)8-3-2-4-9(5-8)19-12-18-6-10(11(14)20-12)13(15,16)17/h2-7,21H,1H3,(H,18,19,20). The van der Waals surface area contributed by atoms with Gasteiger partial charge >= 0.3 is 6.18 Å². The van der Waals surface area contributed by atoms with Gasteiger partial charge < -0.3 is 10.4 Å². The molecule has 4 nitrogen and oxygen atoms in total. The second kappa shape index (κ2) is 5.87. The number of anilines is 2. The molecule has 1 aromatic carbocycles. The lowest BCUT2D eigenvalue weighted by molar-refractivity contribution is -0.137. The Labute approximate surface area is 123 Å². The first kappa shape index (κ1) is 15.5. The van der Waals surface area contributed by atoms with E-state index in [1.54, 1.807) is 31.2 Å². The van der Waals surface area contributed by atoms with Crippen LogP contribution in [0.4, 0.5) is 24.8 Å². The van der Waals surface area contributed by atoms with Crippen molar-refractivity contribution < 1.29 is 18.3 Å². The van der Waals surface area contributed by atoms with Gasteiger partial charge in [0.2, 0.25) is 5.95 Å². The quantitative estimate of drug-likeness (QED) is 0.842. The number of halogens is 4. The number of nitrogens with zero attached hydrogens (tertiary/aromatic N) is 2. The number of hydrogen-bond donors (Lipinski definition) is 2. The van der Waals surface area contributed by atoms with Crippen LogP contribution in [-0.2, 0) is 6.18 Å². The van der Waals surface area contributed by atoms with Gasteiger partial charge in [-0.2, -0.15) is 13.2 Å². The van der Waals surface area contributed by atoms with Crippen molar-refractivity contribution in [2.45, 2.75) is 19.2 Å². The van der Waals surface area contributed by atoms with Gasteiger partial charge in [0.1, 0.15) is 10.7 Å². The van der Waals surface area contributed by atoms with Crippen LogP contribution in [0, 0.1) is 0 Å². The molecule has 1 unspecified atom stereocenters. The first-order chi connectivity index (χ1) is 9.77. The summed E-state index contributed by atoms with van der Waals surface area (Å²) in [5.41, 5.74) is 0.0923. The van der Waals surface area contributed by atoms with E-state index in [9.17, 15) is 18.3 Å². The third-order valence-corrected chi connectivity index (χ3v) is 2.96. The number of aliphatic hydroxyl groups is 1. The summed E-state index contributed by atoms with van der Waals surface area (Å²) in [6, 6.07) is 6.72. The van der Waals surface area contributed by atoms with Crippen molar-refractivity contribution >= 4 is 23.2 Å². The molecule has 0 bridgehead atoms. The van der Waals surface area contributed by atoms with E-state index in [2.05, 4.69) is 15.3 Å². The zero-order valence-corrected chi connectivity index (χ0v) is 11.6. The maximum atomic E-state index is 12.5. The molecule has 2 N–H and O–H groups in total. The number of rotatable bonds is 3. The van der Waals surface area contributed by atoms with E-state index in [1.165, 1.54) is 0 Å².